The quantitative estimate of drug-likeness (QED) is 0.429. The van der Waals surface area contributed by atoms with E-state index in [4.69, 9.17) is 4.42 Å². The van der Waals surface area contributed by atoms with E-state index in [1.165, 1.54) is 22.5 Å². The first kappa shape index (κ1) is 16.9. The van der Waals surface area contributed by atoms with Gasteiger partial charge in [-0.3, -0.25) is 0 Å². The molecule has 2 aromatic heterocycles. The summed E-state index contributed by atoms with van der Waals surface area (Å²) in [4.78, 5) is 9.82. The van der Waals surface area contributed by atoms with Crippen LogP contribution in [-0.4, -0.2) is 23.7 Å². The molecule has 1 saturated heterocycles. The average Bonchev–Trinajstić information content (AvgIpc) is 2.89. The standard InChI is InChI=1S/C25H25N3O/c1-15-8-10-20-21-11-9-16(2)26-25(21)29-24(20)23(15)28-17(3)27-13-12-19(28)14-18-6-4-5-7-22(18)27/h4-11,17,19H,12-14H2,1-3H3/t17-,19?/m0/s1. The molecule has 4 nitrogen and oxygen atoms in total. The summed E-state index contributed by atoms with van der Waals surface area (Å²) in [6.07, 6.45) is 2.52. The van der Waals surface area contributed by atoms with E-state index in [0.29, 0.717) is 6.04 Å². The number of hydrogen-bond acceptors (Lipinski definition) is 4. The Bertz CT molecular complexity index is 1260. The largest absolute Gasteiger partial charge is 0.436 e. The number of nitrogens with zero attached hydrogens (tertiary/aromatic N) is 3. The van der Waals surface area contributed by atoms with Crippen LogP contribution in [0.5, 0.6) is 0 Å². The number of anilines is 2. The van der Waals surface area contributed by atoms with Gasteiger partial charge in [0.25, 0.3) is 0 Å². The fraction of sp³-hybridized carbons (Fsp3) is 0.320. The Kier molecular flexibility index (Phi) is 3.49. The maximum absolute atomic E-state index is 6.40. The second-order valence-corrected chi connectivity index (χ2v) is 8.52. The first-order valence-electron chi connectivity index (χ1n) is 10.5. The number of benzene rings is 2. The zero-order valence-electron chi connectivity index (χ0n) is 17.1. The van der Waals surface area contributed by atoms with Gasteiger partial charge in [0.15, 0.2) is 5.58 Å². The van der Waals surface area contributed by atoms with Gasteiger partial charge >= 0.3 is 0 Å². The predicted octanol–water partition coefficient (Wildman–Crippen LogP) is 5.59. The summed E-state index contributed by atoms with van der Waals surface area (Å²) < 4.78 is 6.40. The number of furan rings is 1. The third kappa shape index (κ3) is 2.35. The molecule has 7 rings (SSSR count). The van der Waals surface area contributed by atoms with Crippen LogP contribution in [0.1, 0.15) is 30.2 Å². The Labute approximate surface area is 170 Å². The van der Waals surface area contributed by atoms with Gasteiger partial charge in [-0.1, -0.05) is 30.3 Å². The van der Waals surface area contributed by atoms with Gasteiger partial charge in [0.05, 0.1) is 11.9 Å². The van der Waals surface area contributed by atoms with Gasteiger partial charge in [-0.25, -0.2) is 4.98 Å². The molecule has 3 aliphatic rings. The highest BCUT2D eigenvalue weighted by atomic mass is 16.3. The molecule has 4 heteroatoms. The van der Waals surface area contributed by atoms with Crippen LogP contribution in [0, 0.1) is 13.8 Å². The van der Waals surface area contributed by atoms with E-state index in [-0.39, 0.29) is 6.17 Å². The van der Waals surface area contributed by atoms with Crippen LogP contribution in [0.15, 0.2) is 52.9 Å². The number of pyridine rings is 1. The second kappa shape index (κ2) is 5.99. The molecule has 146 valence electrons. The van der Waals surface area contributed by atoms with Gasteiger partial charge in [-0.05, 0) is 62.9 Å². The first-order chi connectivity index (χ1) is 14.1. The van der Waals surface area contributed by atoms with Crippen molar-refractivity contribution in [3.63, 3.8) is 0 Å². The summed E-state index contributed by atoms with van der Waals surface area (Å²) in [6, 6.07) is 18.0. The van der Waals surface area contributed by atoms with E-state index in [0.717, 1.165) is 47.1 Å². The number of hydrogen-bond donors (Lipinski definition) is 0. The van der Waals surface area contributed by atoms with Crippen LogP contribution in [0.2, 0.25) is 0 Å². The molecule has 2 atom stereocenters. The minimum Gasteiger partial charge on any atom is -0.436 e. The van der Waals surface area contributed by atoms with E-state index < -0.39 is 0 Å². The fourth-order valence-electron chi connectivity index (χ4n) is 5.40. The van der Waals surface area contributed by atoms with Crippen molar-refractivity contribution in [2.24, 2.45) is 0 Å². The molecule has 2 aromatic carbocycles. The predicted molar refractivity (Wildman–Crippen MR) is 119 cm³/mol. The number of fused-ring (bicyclic) bond motifs is 5. The van der Waals surface area contributed by atoms with Crippen LogP contribution in [0.25, 0.3) is 22.1 Å². The van der Waals surface area contributed by atoms with Crippen LogP contribution < -0.4 is 9.80 Å². The van der Waals surface area contributed by atoms with Crippen LogP contribution >= 0.6 is 0 Å². The second-order valence-electron chi connectivity index (χ2n) is 8.52. The summed E-state index contributed by atoms with van der Waals surface area (Å²) in [5.74, 6) is 0. The molecule has 0 amide bonds. The molecule has 29 heavy (non-hydrogen) atoms. The molecule has 0 saturated carbocycles. The van der Waals surface area contributed by atoms with Crippen molar-refractivity contribution in [3.8, 4) is 0 Å². The molecule has 0 N–H and O–H groups in total. The maximum atomic E-state index is 6.40. The lowest BCUT2D eigenvalue weighted by Gasteiger charge is -2.47. The van der Waals surface area contributed by atoms with Gasteiger partial charge in [0.1, 0.15) is 0 Å². The Balaban J connectivity index is 1.59. The lowest BCUT2D eigenvalue weighted by atomic mass is 9.99. The lowest BCUT2D eigenvalue weighted by Crippen LogP contribution is -2.56. The van der Waals surface area contributed by atoms with Gasteiger partial charge in [-0.2, -0.15) is 0 Å². The summed E-state index contributed by atoms with van der Waals surface area (Å²) >= 11 is 0. The molecule has 1 unspecified atom stereocenters. The lowest BCUT2D eigenvalue weighted by molar-refractivity contribution is 0.434. The number of aromatic nitrogens is 1. The summed E-state index contributed by atoms with van der Waals surface area (Å²) in [5.41, 5.74) is 8.03. The third-order valence-electron chi connectivity index (χ3n) is 6.79. The molecule has 5 heterocycles. The average molecular weight is 383 g/mol. The SMILES string of the molecule is Cc1ccc2c(n1)oc1c(N3C4CCN(c5ccccc5C4)[C@@H]3C)c(C)ccc12. The van der Waals surface area contributed by atoms with Crippen molar-refractivity contribution in [3.05, 3.63) is 65.4 Å². The Morgan fingerprint density at radius 3 is 2.72 bits per heavy atom. The number of aryl methyl sites for hydroxylation is 2. The zero-order valence-corrected chi connectivity index (χ0v) is 17.1. The van der Waals surface area contributed by atoms with Crippen LogP contribution in [0.3, 0.4) is 0 Å². The maximum Gasteiger partial charge on any atom is 0.227 e. The minimum absolute atomic E-state index is 0.282. The summed E-state index contributed by atoms with van der Waals surface area (Å²) in [6.45, 7) is 7.65. The number of rotatable bonds is 1. The van der Waals surface area contributed by atoms with Crippen LogP contribution in [-0.2, 0) is 6.42 Å². The van der Waals surface area contributed by atoms with Crippen molar-refractivity contribution >= 4 is 33.4 Å². The van der Waals surface area contributed by atoms with E-state index in [1.54, 1.807) is 0 Å². The van der Waals surface area contributed by atoms with Crippen molar-refractivity contribution in [2.45, 2.75) is 45.8 Å². The Morgan fingerprint density at radius 2 is 1.83 bits per heavy atom. The highest BCUT2D eigenvalue weighted by Crippen LogP contribution is 2.44. The molecular weight excluding hydrogens is 358 g/mol. The molecule has 1 fully saturated rings. The third-order valence-corrected chi connectivity index (χ3v) is 6.79. The van der Waals surface area contributed by atoms with Crippen molar-refractivity contribution in [2.75, 3.05) is 16.3 Å². The van der Waals surface area contributed by atoms with Crippen molar-refractivity contribution in [1.82, 2.24) is 4.98 Å². The van der Waals surface area contributed by atoms with Gasteiger partial charge in [-0.15, -0.1) is 0 Å². The summed E-state index contributed by atoms with van der Waals surface area (Å²) in [7, 11) is 0. The molecule has 3 aliphatic heterocycles. The van der Waals surface area contributed by atoms with E-state index in [2.05, 4.69) is 77.2 Å². The smallest absolute Gasteiger partial charge is 0.227 e. The molecule has 2 bridgehead atoms. The van der Waals surface area contributed by atoms with Gasteiger partial charge in [0.2, 0.25) is 5.71 Å². The highest BCUT2D eigenvalue weighted by molar-refractivity contribution is 6.08. The Morgan fingerprint density at radius 1 is 1.00 bits per heavy atom. The zero-order chi connectivity index (χ0) is 19.7. The summed E-state index contributed by atoms with van der Waals surface area (Å²) in [5, 5.41) is 2.26. The fourth-order valence-corrected chi connectivity index (χ4v) is 5.40. The van der Waals surface area contributed by atoms with E-state index >= 15 is 0 Å². The molecule has 0 aliphatic carbocycles. The van der Waals surface area contributed by atoms with Crippen LogP contribution in [0.4, 0.5) is 11.4 Å². The van der Waals surface area contributed by atoms with E-state index in [1.807, 2.05) is 6.92 Å². The van der Waals surface area contributed by atoms with Crippen molar-refractivity contribution in [1.29, 1.82) is 0 Å². The molecule has 0 spiro atoms. The molecular formula is C25H25N3O. The highest BCUT2D eigenvalue weighted by Gasteiger charge is 2.39. The number of para-hydroxylation sites is 1. The van der Waals surface area contributed by atoms with Gasteiger partial charge < -0.3 is 14.2 Å². The normalized spacial score (nSPS) is 21.1. The molecule has 4 aromatic rings. The minimum atomic E-state index is 0.282. The van der Waals surface area contributed by atoms with E-state index in [9.17, 15) is 0 Å². The monoisotopic (exact) mass is 383 g/mol. The van der Waals surface area contributed by atoms with Crippen molar-refractivity contribution < 1.29 is 4.42 Å². The topological polar surface area (TPSA) is 32.5 Å². The Hall–Kier alpha value is -3.01. The molecule has 0 radical (unpaired) electrons. The first-order valence-corrected chi connectivity index (χ1v) is 10.5. The van der Waals surface area contributed by atoms with Gasteiger partial charge in [0, 0.05) is 34.7 Å².